The summed E-state index contributed by atoms with van der Waals surface area (Å²) < 4.78 is 40.5. The van der Waals surface area contributed by atoms with Gasteiger partial charge in [-0.25, -0.2) is 9.67 Å². The van der Waals surface area contributed by atoms with Crippen LogP contribution in [0.25, 0.3) is 0 Å². The van der Waals surface area contributed by atoms with E-state index in [1.165, 1.54) is 29.5 Å². The van der Waals surface area contributed by atoms with Crippen LogP contribution in [0.2, 0.25) is 0 Å². The second-order valence-corrected chi connectivity index (χ2v) is 5.59. The van der Waals surface area contributed by atoms with Crippen molar-refractivity contribution in [2.45, 2.75) is 37.5 Å². The Morgan fingerprint density at radius 1 is 1.39 bits per heavy atom. The van der Waals surface area contributed by atoms with Crippen molar-refractivity contribution < 1.29 is 18.0 Å². The van der Waals surface area contributed by atoms with Gasteiger partial charge in [0.2, 0.25) is 5.91 Å². The Hall–Kier alpha value is -2.38. The third-order valence-corrected chi connectivity index (χ3v) is 4.00. The van der Waals surface area contributed by atoms with Crippen LogP contribution in [0.4, 0.5) is 13.2 Å². The Labute approximate surface area is 130 Å². The number of rotatable bonds is 4. The Balaban J connectivity index is 1.68. The third-order valence-electron chi connectivity index (χ3n) is 4.00. The number of nitrogens with zero attached hydrogens (tertiary/aromatic N) is 3. The summed E-state index contributed by atoms with van der Waals surface area (Å²) in [6.07, 6.45) is -1.14. The molecule has 122 valence electrons. The zero-order valence-electron chi connectivity index (χ0n) is 12.3. The van der Waals surface area contributed by atoms with Crippen LogP contribution in [0.15, 0.2) is 36.9 Å². The van der Waals surface area contributed by atoms with Crippen molar-refractivity contribution in [1.29, 1.82) is 0 Å². The van der Waals surface area contributed by atoms with E-state index >= 15 is 0 Å². The first-order valence-electron chi connectivity index (χ1n) is 7.18. The average Bonchev–Trinajstić information content (AvgIpc) is 3.05. The second-order valence-electron chi connectivity index (χ2n) is 5.59. The van der Waals surface area contributed by atoms with Gasteiger partial charge >= 0.3 is 6.18 Å². The first kappa shape index (κ1) is 15.5. The van der Waals surface area contributed by atoms with Gasteiger partial charge in [-0.3, -0.25) is 4.79 Å². The minimum absolute atomic E-state index is 0.235. The number of aromatic nitrogens is 3. The maximum atomic E-state index is 13.0. The van der Waals surface area contributed by atoms with Gasteiger partial charge < -0.3 is 5.32 Å². The van der Waals surface area contributed by atoms with E-state index in [9.17, 15) is 18.0 Å². The van der Waals surface area contributed by atoms with E-state index in [0.29, 0.717) is 6.42 Å². The molecular formula is C15H15F3N4O. The highest BCUT2D eigenvalue weighted by Crippen LogP contribution is 2.46. The molecular weight excluding hydrogens is 309 g/mol. The van der Waals surface area contributed by atoms with Gasteiger partial charge in [-0.2, -0.15) is 18.3 Å². The molecule has 0 unspecified atom stereocenters. The largest absolute Gasteiger partial charge is 0.416 e. The van der Waals surface area contributed by atoms with E-state index in [1.54, 1.807) is 13.0 Å². The Morgan fingerprint density at radius 2 is 2.13 bits per heavy atom. The molecule has 2 aromatic rings. The number of nitrogens with one attached hydrogen (secondary N) is 1. The van der Waals surface area contributed by atoms with Gasteiger partial charge in [0.25, 0.3) is 0 Å². The molecule has 3 rings (SSSR count). The van der Waals surface area contributed by atoms with E-state index in [1.807, 2.05) is 0 Å². The van der Waals surface area contributed by atoms with Crippen molar-refractivity contribution in [2.24, 2.45) is 0 Å². The van der Waals surface area contributed by atoms with Gasteiger partial charge in [-0.05, 0) is 25.0 Å². The zero-order valence-corrected chi connectivity index (χ0v) is 12.3. The molecule has 0 bridgehead atoms. The summed E-state index contributed by atoms with van der Waals surface area (Å²) in [6.45, 7) is 1.66. The Morgan fingerprint density at radius 3 is 2.78 bits per heavy atom. The summed E-state index contributed by atoms with van der Waals surface area (Å²) in [5, 5.41) is 6.66. The summed E-state index contributed by atoms with van der Waals surface area (Å²) in [7, 11) is 0. The number of halogens is 3. The van der Waals surface area contributed by atoms with Crippen LogP contribution in [-0.2, 0) is 11.0 Å². The quantitative estimate of drug-likeness (QED) is 0.940. The van der Waals surface area contributed by atoms with Crippen LogP contribution in [0.3, 0.4) is 0 Å². The lowest BCUT2D eigenvalue weighted by Gasteiger charge is -2.14. The van der Waals surface area contributed by atoms with E-state index in [-0.39, 0.29) is 23.4 Å². The van der Waals surface area contributed by atoms with Gasteiger partial charge in [0.15, 0.2) is 0 Å². The van der Waals surface area contributed by atoms with Crippen LogP contribution < -0.4 is 5.32 Å². The molecule has 5 nitrogen and oxygen atoms in total. The number of hydrogen-bond acceptors (Lipinski definition) is 3. The van der Waals surface area contributed by atoms with Gasteiger partial charge in [-0.15, -0.1) is 0 Å². The monoisotopic (exact) mass is 324 g/mol. The predicted molar refractivity (Wildman–Crippen MR) is 75.5 cm³/mol. The number of carbonyl (C=O) groups excluding carboxylic acids is 1. The van der Waals surface area contributed by atoms with Gasteiger partial charge in [0.05, 0.1) is 5.56 Å². The maximum Gasteiger partial charge on any atom is 0.416 e. The number of hydrogen-bond donors (Lipinski definition) is 1. The SMILES string of the molecule is C[C@H](C(=O)N[C@H]1C[C@@H]1c1ccccc1C(F)(F)F)n1cncn1. The van der Waals surface area contributed by atoms with Crippen molar-refractivity contribution in [1.82, 2.24) is 20.1 Å². The lowest BCUT2D eigenvalue weighted by atomic mass is 10.0. The first-order valence-corrected chi connectivity index (χ1v) is 7.18. The van der Waals surface area contributed by atoms with E-state index in [4.69, 9.17) is 0 Å². The molecule has 0 saturated heterocycles. The molecule has 0 spiro atoms. The number of alkyl halides is 3. The van der Waals surface area contributed by atoms with E-state index < -0.39 is 17.8 Å². The van der Waals surface area contributed by atoms with Gasteiger partial charge in [-0.1, -0.05) is 18.2 Å². The molecule has 3 atom stereocenters. The zero-order chi connectivity index (χ0) is 16.6. The lowest BCUT2D eigenvalue weighted by molar-refractivity contribution is -0.138. The van der Waals surface area contributed by atoms with Crippen LogP contribution in [-0.4, -0.2) is 26.7 Å². The normalized spacial score (nSPS) is 21.7. The highest BCUT2D eigenvalue weighted by Gasteiger charge is 2.45. The topological polar surface area (TPSA) is 59.8 Å². The molecule has 1 aliphatic carbocycles. The van der Waals surface area contributed by atoms with Crippen molar-refractivity contribution in [2.75, 3.05) is 0 Å². The van der Waals surface area contributed by atoms with Crippen LogP contribution >= 0.6 is 0 Å². The number of benzene rings is 1. The highest BCUT2D eigenvalue weighted by molar-refractivity contribution is 5.80. The molecule has 1 aliphatic rings. The van der Waals surface area contributed by atoms with Crippen LogP contribution in [0.1, 0.15) is 36.4 Å². The molecule has 0 radical (unpaired) electrons. The summed E-state index contributed by atoms with van der Waals surface area (Å²) in [5.74, 6) is -0.591. The summed E-state index contributed by atoms with van der Waals surface area (Å²) in [4.78, 5) is 15.9. The minimum atomic E-state index is -4.39. The fourth-order valence-electron chi connectivity index (χ4n) is 2.62. The second kappa shape index (κ2) is 5.68. The Kier molecular flexibility index (Phi) is 3.83. The molecule has 1 amide bonds. The number of amides is 1. The van der Waals surface area contributed by atoms with E-state index in [2.05, 4.69) is 15.4 Å². The molecule has 1 fully saturated rings. The lowest BCUT2D eigenvalue weighted by Crippen LogP contribution is -2.33. The minimum Gasteiger partial charge on any atom is -0.351 e. The van der Waals surface area contributed by atoms with Gasteiger partial charge in [0.1, 0.15) is 18.7 Å². The third kappa shape index (κ3) is 3.20. The fraction of sp³-hybridized carbons (Fsp3) is 0.400. The summed E-state index contributed by atoms with van der Waals surface area (Å²) in [5.41, 5.74) is -0.398. The van der Waals surface area contributed by atoms with E-state index in [0.717, 1.165) is 6.07 Å². The van der Waals surface area contributed by atoms with Crippen LogP contribution in [0.5, 0.6) is 0 Å². The standard InChI is InChI=1S/C15H15F3N4O/c1-9(22-8-19-7-20-22)14(23)21-13-6-11(13)10-4-2-3-5-12(10)15(16,17)18/h2-5,7-9,11,13H,6H2,1H3,(H,21,23)/t9-,11-,13+/m1/s1. The molecule has 1 N–H and O–H groups in total. The summed E-state index contributed by atoms with van der Waals surface area (Å²) >= 11 is 0. The number of carbonyl (C=O) groups is 1. The van der Waals surface area contributed by atoms with Crippen LogP contribution in [0, 0.1) is 0 Å². The smallest absolute Gasteiger partial charge is 0.351 e. The molecule has 1 aromatic carbocycles. The average molecular weight is 324 g/mol. The highest BCUT2D eigenvalue weighted by atomic mass is 19.4. The van der Waals surface area contributed by atoms with Crippen molar-refractivity contribution in [3.05, 3.63) is 48.0 Å². The van der Waals surface area contributed by atoms with Crippen molar-refractivity contribution in [3.8, 4) is 0 Å². The molecule has 0 aliphatic heterocycles. The van der Waals surface area contributed by atoms with Gasteiger partial charge in [0, 0.05) is 12.0 Å². The molecule has 8 heteroatoms. The van der Waals surface area contributed by atoms with Crippen molar-refractivity contribution in [3.63, 3.8) is 0 Å². The molecule has 23 heavy (non-hydrogen) atoms. The molecule has 1 heterocycles. The van der Waals surface area contributed by atoms with Crippen molar-refractivity contribution >= 4 is 5.91 Å². The molecule has 1 aromatic heterocycles. The fourth-order valence-corrected chi connectivity index (χ4v) is 2.62. The predicted octanol–water partition coefficient (Wildman–Crippen LogP) is 2.53. The molecule has 1 saturated carbocycles. The Bertz CT molecular complexity index is 699. The maximum absolute atomic E-state index is 13.0. The first-order chi connectivity index (χ1) is 10.9. The summed E-state index contributed by atoms with van der Waals surface area (Å²) in [6, 6.07) is 4.66.